The normalized spacial score (nSPS) is 16.0. The van der Waals surface area contributed by atoms with Crippen molar-refractivity contribution in [1.29, 1.82) is 0 Å². The van der Waals surface area contributed by atoms with Gasteiger partial charge in [0.2, 0.25) is 0 Å². The average molecular weight is 229 g/mol. The van der Waals surface area contributed by atoms with E-state index >= 15 is 0 Å². The van der Waals surface area contributed by atoms with Crippen LogP contribution in [0.5, 0.6) is 0 Å². The first-order valence-corrected chi connectivity index (χ1v) is 6.42. The van der Waals surface area contributed by atoms with E-state index in [0.29, 0.717) is 18.5 Å². The average Bonchev–Trinajstić information content (AvgIpc) is 3.08. The number of imidazole rings is 1. The van der Waals surface area contributed by atoms with E-state index in [2.05, 4.69) is 36.6 Å². The van der Waals surface area contributed by atoms with Crippen LogP contribution in [-0.4, -0.2) is 9.55 Å². The van der Waals surface area contributed by atoms with Crippen LogP contribution in [0.4, 0.5) is 0 Å². The summed E-state index contributed by atoms with van der Waals surface area (Å²) >= 11 is 0. The molecule has 0 saturated heterocycles. The van der Waals surface area contributed by atoms with Crippen molar-refractivity contribution in [2.45, 2.75) is 45.2 Å². The third kappa shape index (κ3) is 1.65. The number of para-hydroxylation sites is 1. The van der Waals surface area contributed by atoms with E-state index in [1.807, 2.05) is 0 Å². The van der Waals surface area contributed by atoms with Crippen molar-refractivity contribution in [2.75, 3.05) is 0 Å². The van der Waals surface area contributed by atoms with Crippen LogP contribution in [0.25, 0.3) is 11.0 Å². The van der Waals surface area contributed by atoms with Crippen LogP contribution in [0, 0.1) is 0 Å². The summed E-state index contributed by atoms with van der Waals surface area (Å²) in [5.41, 5.74) is 9.29. The van der Waals surface area contributed by atoms with E-state index in [1.54, 1.807) is 0 Å². The molecule has 0 spiro atoms. The molecule has 0 aliphatic heterocycles. The number of benzene rings is 1. The number of aromatic nitrogens is 2. The minimum Gasteiger partial charge on any atom is -0.326 e. The molecule has 0 bridgehead atoms. The van der Waals surface area contributed by atoms with E-state index in [1.165, 1.54) is 24.2 Å². The topological polar surface area (TPSA) is 43.8 Å². The van der Waals surface area contributed by atoms with Crippen molar-refractivity contribution in [3.63, 3.8) is 0 Å². The largest absolute Gasteiger partial charge is 0.326 e. The summed E-state index contributed by atoms with van der Waals surface area (Å²) in [5, 5.41) is 0. The first-order valence-electron chi connectivity index (χ1n) is 6.42. The van der Waals surface area contributed by atoms with Gasteiger partial charge < -0.3 is 10.3 Å². The molecule has 0 radical (unpaired) electrons. The molecule has 3 heteroatoms. The van der Waals surface area contributed by atoms with Crippen LogP contribution in [0.3, 0.4) is 0 Å². The molecule has 3 rings (SSSR count). The molecular formula is C14H19N3. The molecule has 17 heavy (non-hydrogen) atoms. The van der Waals surface area contributed by atoms with Gasteiger partial charge in [0.1, 0.15) is 5.82 Å². The Morgan fingerprint density at radius 1 is 1.41 bits per heavy atom. The molecule has 3 nitrogen and oxygen atoms in total. The predicted molar refractivity (Wildman–Crippen MR) is 70.0 cm³/mol. The third-order valence-corrected chi connectivity index (χ3v) is 3.51. The predicted octanol–water partition coefficient (Wildman–Crippen LogP) is 2.95. The number of hydrogen-bond donors (Lipinski definition) is 1. The van der Waals surface area contributed by atoms with E-state index in [4.69, 9.17) is 10.7 Å². The fourth-order valence-electron chi connectivity index (χ4n) is 2.53. The molecule has 1 saturated carbocycles. The zero-order valence-corrected chi connectivity index (χ0v) is 10.5. The fraction of sp³-hybridized carbons (Fsp3) is 0.500. The Morgan fingerprint density at radius 2 is 2.18 bits per heavy atom. The molecule has 1 aliphatic rings. The molecule has 90 valence electrons. The van der Waals surface area contributed by atoms with Gasteiger partial charge in [-0.25, -0.2) is 4.98 Å². The Labute approximate surface area is 102 Å². The van der Waals surface area contributed by atoms with Gasteiger partial charge in [-0.2, -0.15) is 0 Å². The molecule has 1 fully saturated rings. The van der Waals surface area contributed by atoms with Gasteiger partial charge in [0, 0.05) is 18.5 Å². The first-order chi connectivity index (χ1) is 8.22. The summed E-state index contributed by atoms with van der Waals surface area (Å²) in [6.45, 7) is 5.01. The van der Waals surface area contributed by atoms with E-state index in [0.717, 1.165) is 11.1 Å². The lowest BCUT2D eigenvalue weighted by atomic mass is 10.2. The van der Waals surface area contributed by atoms with Crippen LogP contribution < -0.4 is 5.73 Å². The van der Waals surface area contributed by atoms with Crippen LogP contribution >= 0.6 is 0 Å². The van der Waals surface area contributed by atoms with E-state index in [-0.39, 0.29) is 0 Å². The number of hydrogen-bond acceptors (Lipinski definition) is 2. The van der Waals surface area contributed by atoms with Crippen LogP contribution in [-0.2, 0) is 6.54 Å². The van der Waals surface area contributed by atoms with Gasteiger partial charge in [0.05, 0.1) is 11.0 Å². The molecule has 2 N–H and O–H groups in total. The molecule has 1 heterocycles. The maximum absolute atomic E-state index is 5.79. The summed E-state index contributed by atoms with van der Waals surface area (Å²) in [7, 11) is 0. The fourth-order valence-corrected chi connectivity index (χ4v) is 2.53. The van der Waals surface area contributed by atoms with Gasteiger partial charge in [0.25, 0.3) is 0 Å². The van der Waals surface area contributed by atoms with Gasteiger partial charge in [-0.05, 0) is 38.3 Å². The van der Waals surface area contributed by atoms with Crippen molar-refractivity contribution in [3.8, 4) is 0 Å². The van der Waals surface area contributed by atoms with Crippen LogP contribution in [0.1, 0.15) is 50.0 Å². The molecule has 0 amide bonds. The van der Waals surface area contributed by atoms with Crippen molar-refractivity contribution in [3.05, 3.63) is 29.6 Å². The van der Waals surface area contributed by atoms with Crippen molar-refractivity contribution in [2.24, 2.45) is 5.73 Å². The highest BCUT2D eigenvalue weighted by Gasteiger charge is 2.30. The lowest BCUT2D eigenvalue weighted by molar-refractivity contribution is 0.585. The Kier molecular flexibility index (Phi) is 2.44. The zero-order valence-electron chi connectivity index (χ0n) is 10.5. The molecule has 0 unspecified atom stereocenters. The number of rotatable bonds is 3. The molecule has 2 aromatic rings. The second kappa shape index (κ2) is 3.84. The quantitative estimate of drug-likeness (QED) is 0.879. The molecule has 1 aromatic carbocycles. The van der Waals surface area contributed by atoms with Crippen LogP contribution in [0.15, 0.2) is 18.2 Å². The summed E-state index contributed by atoms with van der Waals surface area (Å²) < 4.78 is 2.38. The monoisotopic (exact) mass is 229 g/mol. The van der Waals surface area contributed by atoms with Gasteiger partial charge in [0.15, 0.2) is 0 Å². The number of fused-ring (bicyclic) bond motifs is 1. The summed E-state index contributed by atoms with van der Waals surface area (Å²) in [4.78, 5) is 4.85. The second-order valence-electron chi connectivity index (χ2n) is 5.20. The van der Waals surface area contributed by atoms with E-state index < -0.39 is 0 Å². The van der Waals surface area contributed by atoms with Crippen molar-refractivity contribution < 1.29 is 0 Å². The highest BCUT2D eigenvalue weighted by atomic mass is 15.1. The Morgan fingerprint density at radius 3 is 2.76 bits per heavy atom. The summed E-state index contributed by atoms with van der Waals surface area (Å²) in [6, 6.07) is 6.79. The number of nitrogens with zero attached hydrogens (tertiary/aromatic N) is 2. The summed E-state index contributed by atoms with van der Waals surface area (Å²) in [6.07, 6.45) is 2.57. The number of nitrogens with two attached hydrogens (primary N) is 1. The second-order valence-corrected chi connectivity index (χ2v) is 5.20. The van der Waals surface area contributed by atoms with Gasteiger partial charge in [-0.15, -0.1) is 0 Å². The van der Waals surface area contributed by atoms with Gasteiger partial charge in [-0.3, -0.25) is 0 Å². The van der Waals surface area contributed by atoms with Crippen molar-refractivity contribution in [1.82, 2.24) is 9.55 Å². The standard InChI is InChI=1S/C14H19N3/c1-9(2)17-12-5-3-4-11(8-15)13(12)16-14(17)10-6-7-10/h3-5,9-10H,6-8,15H2,1-2H3. The zero-order chi connectivity index (χ0) is 12.0. The van der Waals surface area contributed by atoms with Gasteiger partial charge in [-0.1, -0.05) is 12.1 Å². The third-order valence-electron chi connectivity index (χ3n) is 3.51. The minimum atomic E-state index is 0.462. The molecule has 1 aliphatic carbocycles. The molecule has 1 aromatic heterocycles. The Hall–Kier alpha value is -1.35. The smallest absolute Gasteiger partial charge is 0.113 e. The van der Waals surface area contributed by atoms with Crippen molar-refractivity contribution >= 4 is 11.0 Å². The lowest BCUT2D eigenvalue weighted by Gasteiger charge is -2.12. The van der Waals surface area contributed by atoms with Crippen LogP contribution in [0.2, 0.25) is 0 Å². The highest BCUT2D eigenvalue weighted by Crippen LogP contribution is 2.42. The SMILES string of the molecule is CC(C)n1c(C2CC2)nc2c(CN)cccc21. The lowest BCUT2D eigenvalue weighted by Crippen LogP contribution is -2.05. The Balaban J connectivity index is 2.29. The molecule has 0 atom stereocenters. The Bertz CT molecular complexity index is 550. The summed E-state index contributed by atoms with van der Waals surface area (Å²) in [5.74, 6) is 1.94. The van der Waals surface area contributed by atoms with Gasteiger partial charge >= 0.3 is 0 Å². The van der Waals surface area contributed by atoms with E-state index in [9.17, 15) is 0 Å². The first kappa shape index (κ1) is 10.8. The molecular weight excluding hydrogens is 210 g/mol. The highest BCUT2D eigenvalue weighted by molar-refractivity contribution is 5.80. The maximum atomic E-state index is 5.79. The maximum Gasteiger partial charge on any atom is 0.113 e. The minimum absolute atomic E-state index is 0.462.